The summed E-state index contributed by atoms with van der Waals surface area (Å²) in [5.74, 6) is 0.610. The van der Waals surface area contributed by atoms with Gasteiger partial charge in [0.1, 0.15) is 0 Å². The average Bonchev–Trinajstić information content (AvgIpc) is 2.59. The van der Waals surface area contributed by atoms with E-state index in [1.165, 1.54) is 0 Å². The van der Waals surface area contributed by atoms with Gasteiger partial charge in [-0.05, 0) is 24.5 Å². The van der Waals surface area contributed by atoms with Gasteiger partial charge in [-0.25, -0.2) is 4.52 Å². The molecule has 1 atom stereocenters. The van der Waals surface area contributed by atoms with Gasteiger partial charge >= 0.3 is 0 Å². The molecule has 0 radical (unpaired) electrons. The molecule has 3 nitrogen and oxygen atoms in total. The third-order valence-electron chi connectivity index (χ3n) is 2.58. The monoisotopic (exact) mass is 203 g/mol. The van der Waals surface area contributed by atoms with Crippen LogP contribution in [-0.2, 0) is 0 Å². The Morgan fingerprint density at radius 1 is 1.40 bits per heavy atom. The summed E-state index contributed by atoms with van der Waals surface area (Å²) in [4.78, 5) is 0. The molecule has 1 unspecified atom stereocenters. The number of nitrogens with two attached hydrogens (primary N) is 1. The molecule has 0 aliphatic rings. The molecule has 0 amide bonds. The van der Waals surface area contributed by atoms with Crippen molar-refractivity contribution in [1.29, 1.82) is 0 Å². The molecule has 2 aromatic heterocycles. The number of aromatic nitrogens is 2. The first-order chi connectivity index (χ1) is 7.18. The minimum Gasteiger partial charge on any atom is -0.324 e. The van der Waals surface area contributed by atoms with E-state index in [-0.39, 0.29) is 6.04 Å². The molecule has 15 heavy (non-hydrogen) atoms. The second-order valence-corrected chi connectivity index (χ2v) is 4.37. The van der Waals surface area contributed by atoms with Gasteiger partial charge in [0.2, 0.25) is 0 Å². The van der Waals surface area contributed by atoms with Crippen molar-refractivity contribution in [3.63, 3.8) is 0 Å². The minimum absolute atomic E-state index is 0.0879. The van der Waals surface area contributed by atoms with E-state index < -0.39 is 0 Å². The first-order valence-corrected chi connectivity index (χ1v) is 5.36. The smallest absolute Gasteiger partial charge is 0.0709 e. The van der Waals surface area contributed by atoms with Crippen LogP contribution in [-0.4, -0.2) is 9.61 Å². The topological polar surface area (TPSA) is 43.3 Å². The van der Waals surface area contributed by atoms with Crippen molar-refractivity contribution in [2.45, 2.75) is 26.3 Å². The van der Waals surface area contributed by atoms with Crippen LogP contribution in [0.15, 0.2) is 30.6 Å². The first-order valence-electron chi connectivity index (χ1n) is 5.36. The second-order valence-electron chi connectivity index (χ2n) is 4.37. The Bertz CT molecular complexity index is 445. The lowest BCUT2D eigenvalue weighted by Crippen LogP contribution is -2.12. The van der Waals surface area contributed by atoms with Crippen molar-refractivity contribution < 1.29 is 0 Å². The van der Waals surface area contributed by atoms with E-state index in [1.807, 2.05) is 29.0 Å². The third-order valence-corrected chi connectivity index (χ3v) is 2.58. The molecule has 2 heterocycles. The Balaban J connectivity index is 2.35. The van der Waals surface area contributed by atoms with Crippen LogP contribution in [0, 0.1) is 5.92 Å². The van der Waals surface area contributed by atoms with Crippen LogP contribution < -0.4 is 5.73 Å². The van der Waals surface area contributed by atoms with Crippen LogP contribution in [0.3, 0.4) is 0 Å². The van der Waals surface area contributed by atoms with E-state index in [0.717, 1.165) is 17.5 Å². The summed E-state index contributed by atoms with van der Waals surface area (Å²) in [7, 11) is 0. The second kappa shape index (κ2) is 4.03. The molecule has 2 aromatic rings. The molecule has 0 aliphatic carbocycles. The number of hydrogen-bond donors (Lipinski definition) is 1. The standard InChI is InChI=1S/C12H17N3/c1-9(2)7-11(13)10-8-14-15-6-4-3-5-12(10)15/h3-6,8-9,11H,7,13H2,1-2H3. The molecule has 3 heteroatoms. The number of fused-ring (bicyclic) bond motifs is 1. The molecule has 0 aliphatic heterocycles. The summed E-state index contributed by atoms with van der Waals surface area (Å²) < 4.78 is 1.87. The van der Waals surface area contributed by atoms with E-state index in [0.29, 0.717) is 5.92 Å². The fourth-order valence-corrected chi connectivity index (χ4v) is 1.87. The van der Waals surface area contributed by atoms with E-state index in [4.69, 9.17) is 5.73 Å². The lowest BCUT2D eigenvalue weighted by atomic mass is 9.99. The Hall–Kier alpha value is -1.35. The van der Waals surface area contributed by atoms with Crippen molar-refractivity contribution in [3.05, 3.63) is 36.2 Å². The summed E-state index contributed by atoms with van der Waals surface area (Å²) in [6, 6.07) is 6.13. The zero-order chi connectivity index (χ0) is 10.8. The molecule has 0 spiro atoms. The zero-order valence-corrected chi connectivity index (χ0v) is 9.22. The van der Waals surface area contributed by atoms with Gasteiger partial charge in [0.25, 0.3) is 0 Å². The van der Waals surface area contributed by atoms with Crippen molar-refractivity contribution >= 4 is 5.52 Å². The largest absolute Gasteiger partial charge is 0.324 e. The summed E-state index contributed by atoms with van der Waals surface area (Å²) in [5, 5.41) is 4.28. The number of rotatable bonds is 3. The lowest BCUT2D eigenvalue weighted by Gasteiger charge is -2.12. The molecule has 0 bridgehead atoms. The van der Waals surface area contributed by atoms with E-state index >= 15 is 0 Å². The van der Waals surface area contributed by atoms with Gasteiger partial charge in [-0.2, -0.15) is 5.10 Å². The van der Waals surface area contributed by atoms with Crippen LogP contribution in [0.4, 0.5) is 0 Å². The summed E-state index contributed by atoms with van der Waals surface area (Å²) in [6.07, 6.45) is 4.82. The van der Waals surface area contributed by atoms with Crippen LogP contribution >= 0.6 is 0 Å². The number of nitrogens with zero attached hydrogens (tertiary/aromatic N) is 2. The molecular formula is C12H17N3. The number of pyridine rings is 1. The summed E-state index contributed by atoms with van der Waals surface area (Å²) in [6.45, 7) is 4.37. The summed E-state index contributed by atoms with van der Waals surface area (Å²) in [5.41, 5.74) is 8.41. The summed E-state index contributed by atoms with van der Waals surface area (Å²) >= 11 is 0. The van der Waals surface area contributed by atoms with Crippen LogP contribution in [0.1, 0.15) is 31.9 Å². The highest BCUT2D eigenvalue weighted by molar-refractivity contribution is 5.54. The molecule has 2 rings (SSSR count). The van der Waals surface area contributed by atoms with Crippen molar-refractivity contribution in [2.24, 2.45) is 11.7 Å². The molecule has 80 valence electrons. The first kappa shape index (κ1) is 10.2. The molecule has 0 saturated carbocycles. The molecular weight excluding hydrogens is 186 g/mol. The van der Waals surface area contributed by atoms with E-state index in [1.54, 1.807) is 0 Å². The van der Waals surface area contributed by atoms with Gasteiger partial charge in [-0.3, -0.25) is 0 Å². The fraction of sp³-hybridized carbons (Fsp3) is 0.417. The van der Waals surface area contributed by atoms with Crippen LogP contribution in [0.2, 0.25) is 0 Å². The SMILES string of the molecule is CC(C)CC(N)c1cnn2ccccc12. The Morgan fingerprint density at radius 2 is 2.20 bits per heavy atom. The highest BCUT2D eigenvalue weighted by Gasteiger charge is 2.12. The van der Waals surface area contributed by atoms with Crippen molar-refractivity contribution in [1.82, 2.24) is 9.61 Å². The van der Waals surface area contributed by atoms with Gasteiger partial charge in [-0.15, -0.1) is 0 Å². The van der Waals surface area contributed by atoms with Crippen molar-refractivity contribution in [2.75, 3.05) is 0 Å². The number of hydrogen-bond acceptors (Lipinski definition) is 2. The van der Waals surface area contributed by atoms with E-state index in [9.17, 15) is 0 Å². The predicted octanol–water partition coefficient (Wildman–Crippen LogP) is 2.38. The van der Waals surface area contributed by atoms with Gasteiger partial charge < -0.3 is 5.73 Å². The van der Waals surface area contributed by atoms with Crippen LogP contribution in [0.25, 0.3) is 5.52 Å². The van der Waals surface area contributed by atoms with Crippen LogP contribution in [0.5, 0.6) is 0 Å². The average molecular weight is 203 g/mol. The Labute approximate surface area is 89.9 Å². The molecule has 2 N–H and O–H groups in total. The maximum atomic E-state index is 6.15. The minimum atomic E-state index is 0.0879. The molecule has 0 saturated heterocycles. The maximum Gasteiger partial charge on any atom is 0.0709 e. The Kier molecular flexibility index (Phi) is 2.73. The lowest BCUT2D eigenvalue weighted by molar-refractivity contribution is 0.512. The molecule has 0 fully saturated rings. The Morgan fingerprint density at radius 3 is 2.93 bits per heavy atom. The van der Waals surface area contributed by atoms with Gasteiger partial charge in [0.05, 0.1) is 11.7 Å². The predicted molar refractivity (Wildman–Crippen MR) is 61.6 cm³/mol. The molecule has 0 aromatic carbocycles. The third kappa shape index (κ3) is 2.02. The maximum absolute atomic E-state index is 6.15. The fourth-order valence-electron chi connectivity index (χ4n) is 1.87. The van der Waals surface area contributed by atoms with Crippen molar-refractivity contribution in [3.8, 4) is 0 Å². The highest BCUT2D eigenvalue weighted by atomic mass is 15.2. The van der Waals surface area contributed by atoms with Gasteiger partial charge in [0.15, 0.2) is 0 Å². The normalized spacial score (nSPS) is 13.6. The quantitative estimate of drug-likeness (QED) is 0.832. The zero-order valence-electron chi connectivity index (χ0n) is 9.22. The van der Waals surface area contributed by atoms with Gasteiger partial charge in [-0.1, -0.05) is 19.9 Å². The highest BCUT2D eigenvalue weighted by Crippen LogP contribution is 2.22. The van der Waals surface area contributed by atoms with E-state index in [2.05, 4.69) is 25.0 Å². The van der Waals surface area contributed by atoms with Gasteiger partial charge in [0, 0.05) is 17.8 Å².